The first-order chi connectivity index (χ1) is 7.26. The summed E-state index contributed by atoms with van der Waals surface area (Å²) in [5.74, 6) is 0.854. The third kappa shape index (κ3) is 1.90. The number of carbonyl (C=O) groups is 1. The van der Waals surface area contributed by atoms with Crippen LogP contribution >= 0.6 is 23.0 Å². The van der Waals surface area contributed by atoms with Gasteiger partial charge in [-0.2, -0.15) is 0 Å². The molecule has 1 aliphatic heterocycles. The normalized spacial score (nSPS) is 12.4. The largest absolute Gasteiger partial charge is 0.454 e. The third-order valence-corrected chi connectivity index (χ3v) is 2.55. The van der Waals surface area contributed by atoms with Crippen LogP contribution in [0.3, 0.4) is 0 Å². The van der Waals surface area contributed by atoms with E-state index in [9.17, 15) is 4.79 Å². The van der Waals surface area contributed by atoms with E-state index < -0.39 is 0 Å². The van der Waals surface area contributed by atoms with Gasteiger partial charge in [0.25, 0.3) is 0 Å². The summed E-state index contributed by atoms with van der Waals surface area (Å²) in [6, 6.07) is 3.41. The van der Waals surface area contributed by atoms with Crippen molar-refractivity contribution in [3.8, 4) is 11.5 Å². The first-order valence-electron chi connectivity index (χ1n) is 4.32. The average Bonchev–Trinajstić information content (AvgIpc) is 2.73. The second-order valence-electron chi connectivity index (χ2n) is 2.95. The minimum atomic E-state index is -0.387. The molecule has 6 heteroatoms. The van der Waals surface area contributed by atoms with Crippen molar-refractivity contribution in [3.63, 3.8) is 0 Å². The maximum Gasteiger partial charge on any atom is 0.347 e. The van der Waals surface area contributed by atoms with Crippen LogP contribution < -0.4 is 14.9 Å². The quantitative estimate of drug-likeness (QED) is 0.609. The molecule has 0 unspecified atom stereocenters. The van der Waals surface area contributed by atoms with Crippen molar-refractivity contribution in [3.05, 3.63) is 17.7 Å². The molecule has 0 aliphatic carbocycles. The Labute approximate surface area is 102 Å². The summed E-state index contributed by atoms with van der Waals surface area (Å²) in [5.41, 5.74) is 1.26. The van der Waals surface area contributed by atoms with Crippen molar-refractivity contribution in [2.45, 2.75) is 6.82 Å². The zero-order valence-electron chi connectivity index (χ0n) is 7.95. The van der Waals surface area contributed by atoms with Gasteiger partial charge >= 0.3 is 5.97 Å². The Hall–Kier alpha value is -0.915. The highest BCUT2D eigenvalue weighted by Crippen LogP contribution is 2.31. The summed E-state index contributed by atoms with van der Waals surface area (Å²) >= 11 is 1.56. The topological polar surface area (TPSA) is 44.8 Å². The lowest BCUT2D eigenvalue weighted by Crippen LogP contribution is -2.20. The van der Waals surface area contributed by atoms with Crippen LogP contribution in [0.4, 0.5) is 0 Å². The Morgan fingerprint density at radius 2 is 2.13 bits per heavy atom. The summed E-state index contributed by atoms with van der Waals surface area (Å²) in [6.45, 7) is 2.04. The van der Waals surface area contributed by atoms with Crippen LogP contribution in [0.1, 0.15) is 10.4 Å². The van der Waals surface area contributed by atoms with Crippen LogP contribution in [0.25, 0.3) is 0 Å². The fourth-order valence-corrected chi connectivity index (χ4v) is 1.65. The van der Waals surface area contributed by atoms with Gasteiger partial charge in [0.15, 0.2) is 34.5 Å². The summed E-state index contributed by atoms with van der Waals surface area (Å²) in [5, 5.41) is 0. The highest BCUT2D eigenvalue weighted by Gasteiger charge is 2.20. The van der Waals surface area contributed by atoms with Gasteiger partial charge in [0, 0.05) is 0 Å². The van der Waals surface area contributed by atoms with E-state index in [0.29, 0.717) is 17.1 Å². The SMILES string of the molecule is C[B]c1cc2c(cc1C(=O)OI)OCO2. The molecule has 15 heavy (non-hydrogen) atoms. The number of rotatable bonds is 2. The van der Waals surface area contributed by atoms with Crippen LogP contribution in [-0.2, 0) is 3.07 Å². The number of halogens is 1. The van der Waals surface area contributed by atoms with E-state index >= 15 is 0 Å². The molecule has 2 rings (SSSR count). The van der Waals surface area contributed by atoms with Crippen molar-refractivity contribution in [2.24, 2.45) is 0 Å². The Kier molecular flexibility index (Phi) is 3.04. The summed E-state index contributed by atoms with van der Waals surface area (Å²) in [6.07, 6.45) is 0. The average molecular weight is 317 g/mol. The zero-order chi connectivity index (χ0) is 10.8. The molecule has 0 fully saturated rings. The monoisotopic (exact) mass is 317 g/mol. The number of benzene rings is 1. The second-order valence-corrected chi connectivity index (χ2v) is 3.39. The van der Waals surface area contributed by atoms with Crippen molar-refractivity contribution in [1.29, 1.82) is 0 Å². The molecule has 77 valence electrons. The van der Waals surface area contributed by atoms with E-state index in [0.717, 1.165) is 5.46 Å². The van der Waals surface area contributed by atoms with Crippen LogP contribution in [0.15, 0.2) is 12.1 Å². The molecule has 0 amide bonds. The van der Waals surface area contributed by atoms with Gasteiger partial charge in [0.05, 0.1) is 5.56 Å². The van der Waals surface area contributed by atoms with E-state index in [-0.39, 0.29) is 12.8 Å². The van der Waals surface area contributed by atoms with Gasteiger partial charge in [0.2, 0.25) is 6.79 Å². The molecule has 0 saturated carbocycles. The van der Waals surface area contributed by atoms with Crippen LogP contribution in [0, 0.1) is 0 Å². The van der Waals surface area contributed by atoms with Crippen molar-refractivity contribution < 1.29 is 17.3 Å². The Morgan fingerprint density at radius 3 is 2.73 bits per heavy atom. The minimum Gasteiger partial charge on any atom is -0.454 e. The van der Waals surface area contributed by atoms with Crippen LogP contribution in [-0.4, -0.2) is 20.0 Å². The Bertz CT molecular complexity index is 407. The molecular weight excluding hydrogens is 310 g/mol. The molecule has 1 heterocycles. The predicted octanol–water partition coefficient (Wildman–Crippen LogP) is 1.30. The molecule has 1 aromatic carbocycles. The summed E-state index contributed by atoms with van der Waals surface area (Å²) < 4.78 is 15.1. The zero-order valence-corrected chi connectivity index (χ0v) is 10.1. The van der Waals surface area contributed by atoms with Gasteiger partial charge in [-0.3, -0.25) is 0 Å². The lowest BCUT2D eigenvalue weighted by atomic mass is 9.71. The maximum absolute atomic E-state index is 11.4. The number of carbonyl (C=O) groups excluding carboxylic acids is 1. The van der Waals surface area contributed by atoms with Crippen molar-refractivity contribution in [2.75, 3.05) is 6.79 Å². The first kappa shape index (κ1) is 10.6. The number of hydrogen-bond donors (Lipinski definition) is 0. The number of hydrogen-bond acceptors (Lipinski definition) is 4. The third-order valence-electron chi connectivity index (χ3n) is 2.15. The predicted molar refractivity (Wildman–Crippen MR) is 63.3 cm³/mol. The second kappa shape index (κ2) is 4.30. The van der Waals surface area contributed by atoms with Gasteiger partial charge in [-0.1, -0.05) is 12.3 Å². The molecule has 0 N–H and O–H groups in total. The highest BCUT2D eigenvalue weighted by molar-refractivity contribution is 14.1. The van der Waals surface area contributed by atoms with E-state index in [2.05, 4.69) is 3.07 Å². The smallest absolute Gasteiger partial charge is 0.347 e. The molecule has 1 aliphatic rings. The fourth-order valence-electron chi connectivity index (χ4n) is 1.41. The molecule has 0 saturated heterocycles. The minimum absolute atomic E-state index is 0.196. The van der Waals surface area contributed by atoms with E-state index in [1.54, 1.807) is 35.1 Å². The molecule has 1 aromatic rings. The summed E-state index contributed by atoms with van der Waals surface area (Å²) in [4.78, 5) is 11.4. The van der Waals surface area contributed by atoms with Crippen LogP contribution in [0.2, 0.25) is 6.82 Å². The van der Waals surface area contributed by atoms with Crippen molar-refractivity contribution in [1.82, 2.24) is 0 Å². The van der Waals surface area contributed by atoms with Gasteiger partial charge in [0.1, 0.15) is 7.28 Å². The molecule has 0 atom stereocenters. The number of fused-ring (bicyclic) bond motifs is 1. The molecule has 1 radical (unpaired) electrons. The Morgan fingerprint density at radius 1 is 1.47 bits per heavy atom. The lowest BCUT2D eigenvalue weighted by Gasteiger charge is -2.06. The fraction of sp³-hybridized carbons (Fsp3) is 0.222. The van der Waals surface area contributed by atoms with Gasteiger partial charge in [-0.15, -0.1) is 0 Å². The van der Waals surface area contributed by atoms with E-state index in [1.807, 2.05) is 14.1 Å². The van der Waals surface area contributed by atoms with E-state index in [4.69, 9.17) is 9.47 Å². The van der Waals surface area contributed by atoms with E-state index in [1.165, 1.54) is 0 Å². The maximum atomic E-state index is 11.4. The number of ether oxygens (including phenoxy) is 2. The molecule has 0 bridgehead atoms. The molecule has 4 nitrogen and oxygen atoms in total. The molecular formula is C9H7BIO4. The standard InChI is InChI=1S/C9H7BIO4/c1-10-6-3-8-7(13-4-14-8)2-5(6)9(12)15-11/h2-3H,4H2,1H3. The first-order valence-corrected chi connectivity index (χ1v) is 5.20. The highest BCUT2D eigenvalue weighted by atomic mass is 127. The van der Waals surface area contributed by atoms with Gasteiger partial charge in [-0.25, -0.2) is 4.79 Å². The molecule has 0 aromatic heterocycles. The van der Waals surface area contributed by atoms with Gasteiger partial charge < -0.3 is 12.5 Å². The summed E-state index contributed by atoms with van der Waals surface area (Å²) in [7, 11) is 1.82. The van der Waals surface area contributed by atoms with Crippen molar-refractivity contribution >= 4 is 41.7 Å². The lowest BCUT2D eigenvalue weighted by molar-refractivity contribution is 0.0801. The van der Waals surface area contributed by atoms with Crippen LogP contribution in [0.5, 0.6) is 11.5 Å². The molecule has 0 spiro atoms. The Balaban J connectivity index is 2.48. The van der Waals surface area contributed by atoms with Gasteiger partial charge in [-0.05, 0) is 12.1 Å².